The lowest BCUT2D eigenvalue weighted by Gasteiger charge is -2.15. The van der Waals surface area contributed by atoms with E-state index < -0.39 is 0 Å². The molecule has 0 unspecified atom stereocenters. The van der Waals surface area contributed by atoms with Gasteiger partial charge in [-0.3, -0.25) is 9.59 Å². The molecule has 0 bridgehead atoms. The zero-order valence-corrected chi connectivity index (χ0v) is 15.2. The Morgan fingerprint density at radius 1 is 1.11 bits per heavy atom. The minimum Gasteiger partial charge on any atom is -0.342 e. The quantitative estimate of drug-likeness (QED) is 0.772. The molecule has 0 atom stereocenters. The number of pyridine rings is 1. The molecule has 138 valence electrons. The molecule has 7 nitrogen and oxygen atoms in total. The van der Waals surface area contributed by atoms with Crippen molar-refractivity contribution in [3.63, 3.8) is 0 Å². The van der Waals surface area contributed by atoms with Crippen molar-refractivity contribution in [2.24, 2.45) is 7.05 Å². The highest BCUT2D eigenvalue weighted by Crippen LogP contribution is 2.16. The Balaban J connectivity index is 1.41. The van der Waals surface area contributed by atoms with Gasteiger partial charge < -0.3 is 14.8 Å². The van der Waals surface area contributed by atoms with E-state index in [1.165, 1.54) is 0 Å². The van der Waals surface area contributed by atoms with Crippen molar-refractivity contribution in [3.05, 3.63) is 54.0 Å². The molecular formula is C20H21N5O2. The molecule has 1 fully saturated rings. The summed E-state index contributed by atoms with van der Waals surface area (Å²) in [5.41, 5.74) is 3.49. The van der Waals surface area contributed by atoms with Crippen molar-refractivity contribution >= 4 is 28.7 Å². The number of imidazole rings is 1. The predicted octanol–water partition coefficient (Wildman–Crippen LogP) is 2.39. The second-order valence-electron chi connectivity index (χ2n) is 6.84. The lowest BCUT2D eigenvalue weighted by Crippen LogP contribution is -2.29. The Morgan fingerprint density at radius 3 is 2.59 bits per heavy atom. The van der Waals surface area contributed by atoms with Crippen LogP contribution in [-0.2, 0) is 18.3 Å². The van der Waals surface area contributed by atoms with Crippen LogP contribution >= 0.6 is 0 Å². The first kappa shape index (κ1) is 17.2. The van der Waals surface area contributed by atoms with Crippen LogP contribution in [0.4, 0.5) is 5.69 Å². The number of carbonyl (C=O) groups is 2. The second kappa shape index (κ2) is 7.19. The Kier molecular flexibility index (Phi) is 4.58. The molecule has 27 heavy (non-hydrogen) atoms. The molecule has 7 heteroatoms. The summed E-state index contributed by atoms with van der Waals surface area (Å²) >= 11 is 0. The van der Waals surface area contributed by atoms with Gasteiger partial charge in [0.2, 0.25) is 5.91 Å². The number of hydrogen-bond donors (Lipinski definition) is 1. The van der Waals surface area contributed by atoms with Crippen LogP contribution in [0.1, 0.15) is 28.8 Å². The molecule has 3 aromatic rings. The number of likely N-dealkylation sites (tertiary alicyclic amines) is 1. The number of amides is 2. The number of hydrogen-bond acceptors (Lipinski definition) is 4. The number of aryl methyl sites for hydroxylation is 1. The smallest absolute Gasteiger partial charge is 0.257 e. The molecular weight excluding hydrogens is 342 g/mol. The van der Waals surface area contributed by atoms with Crippen molar-refractivity contribution in [3.8, 4) is 0 Å². The Morgan fingerprint density at radius 2 is 1.85 bits per heavy atom. The standard InChI is InChI=1S/C20H21N5O2/c1-24-13-22-17-11-15(12-21-19(17)24)20(27)23-16-6-4-14(5-7-16)10-18(26)25-8-2-3-9-25/h4-7,11-13H,2-3,8-10H2,1H3,(H,23,27). The fourth-order valence-corrected chi connectivity index (χ4v) is 3.30. The molecule has 1 aromatic carbocycles. The molecule has 0 aliphatic carbocycles. The average Bonchev–Trinajstić information content (AvgIpc) is 3.33. The fourth-order valence-electron chi connectivity index (χ4n) is 3.30. The first-order valence-corrected chi connectivity index (χ1v) is 9.05. The van der Waals surface area contributed by atoms with Crippen LogP contribution in [0.5, 0.6) is 0 Å². The lowest BCUT2D eigenvalue weighted by atomic mass is 10.1. The SMILES string of the molecule is Cn1cnc2cc(C(=O)Nc3ccc(CC(=O)N4CCCC4)cc3)cnc21. The molecule has 1 aliphatic rings. The number of rotatable bonds is 4. The molecule has 0 spiro atoms. The normalized spacial score (nSPS) is 13.9. The minimum absolute atomic E-state index is 0.166. The molecule has 0 radical (unpaired) electrons. The summed E-state index contributed by atoms with van der Waals surface area (Å²) < 4.78 is 1.80. The third kappa shape index (κ3) is 3.67. The van der Waals surface area contributed by atoms with Gasteiger partial charge in [0.15, 0.2) is 5.65 Å². The topological polar surface area (TPSA) is 80.1 Å². The molecule has 1 N–H and O–H groups in total. The maximum Gasteiger partial charge on any atom is 0.257 e. The van der Waals surface area contributed by atoms with E-state index in [2.05, 4.69) is 15.3 Å². The zero-order chi connectivity index (χ0) is 18.8. The van der Waals surface area contributed by atoms with Gasteiger partial charge in [-0.1, -0.05) is 12.1 Å². The maximum absolute atomic E-state index is 12.5. The first-order chi connectivity index (χ1) is 13.1. The molecule has 2 amide bonds. The van der Waals surface area contributed by atoms with Crippen molar-refractivity contribution in [1.29, 1.82) is 0 Å². The fraction of sp³-hybridized carbons (Fsp3) is 0.300. The van der Waals surface area contributed by atoms with E-state index in [1.807, 2.05) is 36.2 Å². The first-order valence-electron chi connectivity index (χ1n) is 9.05. The summed E-state index contributed by atoms with van der Waals surface area (Å²) in [7, 11) is 1.86. The number of carbonyl (C=O) groups excluding carboxylic acids is 2. The van der Waals surface area contributed by atoms with Gasteiger partial charge in [0.25, 0.3) is 5.91 Å². The summed E-state index contributed by atoms with van der Waals surface area (Å²) in [6.45, 7) is 1.73. The summed E-state index contributed by atoms with van der Waals surface area (Å²) in [6, 6.07) is 9.11. The molecule has 3 heterocycles. The van der Waals surface area contributed by atoms with Crippen LogP contribution in [0.2, 0.25) is 0 Å². The van der Waals surface area contributed by atoms with Gasteiger partial charge in [-0.2, -0.15) is 0 Å². The summed E-state index contributed by atoms with van der Waals surface area (Å²) in [5.74, 6) is -0.0741. The van der Waals surface area contributed by atoms with Crippen molar-refractivity contribution in [2.75, 3.05) is 18.4 Å². The van der Waals surface area contributed by atoms with Crippen LogP contribution in [-0.4, -0.2) is 44.3 Å². The van der Waals surface area contributed by atoms with Gasteiger partial charge in [0.1, 0.15) is 5.52 Å². The van der Waals surface area contributed by atoms with Crippen molar-refractivity contribution in [2.45, 2.75) is 19.3 Å². The van der Waals surface area contributed by atoms with E-state index in [1.54, 1.807) is 23.2 Å². The number of fused-ring (bicyclic) bond motifs is 1. The summed E-state index contributed by atoms with van der Waals surface area (Å²) in [4.78, 5) is 35.1. The van der Waals surface area contributed by atoms with Crippen LogP contribution in [0.3, 0.4) is 0 Å². The zero-order valence-electron chi connectivity index (χ0n) is 15.2. The highest BCUT2D eigenvalue weighted by Gasteiger charge is 2.18. The minimum atomic E-state index is -0.240. The van der Waals surface area contributed by atoms with Gasteiger partial charge in [0, 0.05) is 32.0 Å². The molecule has 1 saturated heterocycles. The molecule has 2 aromatic heterocycles. The molecule has 4 rings (SSSR count). The molecule has 0 saturated carbocycles. The van der Waals surface area contributed by atoms with Crippen LogP contribution in [0.15, 0.2) is 42.9 Å². The van der Waals surface area contributed by atoms with E-state index in [4.69, 9.17) is 0 Å². The summed E-state index contributed by atoms with van der Waals surface area (Å²) in [5, 5.41) is 2.86. The Bertz CT molecular complexity index is 987. The highest BCUT2D eigenvalue weighted by atomic mass is 16.2. The molecule has 1 aliphatic heterocycles. The van der Waals surface area contributed by atoms with Gasteiger partial charge in [-0.05, 0) is 36.6 Å². The second-order valence-corrected chi connectivity index (χ2v) is 6.84. The number of nitrogens with zero attached hydrogens (tertiary/aromatic N) is 4. The maximum atomic E-state index is 12.5. The average molecular weight is 363 g/mol. The summed E-state index contributed by atoms with van der Waals surface area (Å²) in [6.07, 6.45) is 5.80. The van der Waals surface area contributed by atoms with Crippen LogP contribution < -0.4 is 5.32 Å². The van der Waals surface area contributed by atoms with Crippen LogP contribution in [0.25, 0.3) is 11.2 Å². The van der Waals surface area contributed by atoms with E-state index in [0.29, 0.717) is 23.2 Å². The third-order valence-electron chi connectivity index (χ3n) is 4.84. The van der Waals surface area contributed by atoms with E-state index in [9.17, 15) is 9.59 Å². The highest BCUT2D eigenvalue weighted by molar-refractivity contribution is 6.05. The van der Waals surface area contributed by atoms with E-state index >= 15 is 0 Å². The van der Waals surface area contributed by atoms with Crippen molar-refractivity contribution < 1.29 is 9.59 Å². The number of aromatic nitrogens is 3. The van der Waals surface area contributed by atoms with Gasteiger partial charge in [-0.15, -0.1) is 0 Å². The van der Waals surface area contributed by atoms with E-state index in [0.717, 1.165) is 37.1 Å². The third-order valence-corrected chi connectivity index (χ3v) is 4.84. The van der Waals surface area contributed by atoms with Crippen molar-refractivity contribution in [1.82, 2.24) is 19.4 Å². The Hall–Kier alpha value is -3.22. The van der Waals surface area contributed by atoms with Gasteiger partial charge in [-0.25, -0.2) is 9.97 Å². The van der Waals surface area contributed by atoms with Gasteiger partial charge in [0.05, 0.1) is 18.3 Å². The monoisotopic (exact) mass is 363 g/mol. The van der Waals surface area contributed by atoms with Crippen LogP contribution in [0, 0.1) is 0 Å². The largest absolute Gasteiger partial charge is 0.342 e. The number of nitrogens with one attached hydrogen (secondary N) is 1. The lowest BCUT2D eigenvalue weighted by molar-refractivity contribution is -0.129. The van der Waals surface area contributed by atoms with Gasteiger partial charge >= 0.3 is 0 Å². The Labute approximate surface area is 157 Å². The predicted molar refractivity (Wildman–Crippen MR) is 102 cm³/mol. The number of benzene rings is 1. The van der Waals surface area contributed by atoms with E-state index in [-0.39, 0.29) is 11.8 Å². The number of anilines is 1.